The molecule has 2 heterocycles. The predicted octanol–water partition coefficient (Wildman–Crippen LogP) is 2.66. The minimum Gasteiger partial charge on any atom is -0.491 e. The number of aryl methyl sites for hydroxylation is 1. The van der Waals surface area contributed by atoms with Gasteiger partial charge in [0, 0.05) is 38.5 Å². The van der Waals surface area contributed by atoms with Gasteiger partial charge in [0.05, 0.1) is 10.7 Å². The third-order valence-corrected chi connectivity index (χ3v) is 6.83. The number of para-hydroxylation sites is 1. The van der Waals surface area contributed by atoms with Crippen molar-refractivity contribution in [1.82, 2.24) is 15.6 Å². The molecule has 1 unspecified atom stereocenters. The van der Waals surface area contributed by atoms with Crippen molar-refractivity contribution in [1.29, 1.82) is 0 Å². The number of hydrogen-bond acceptors (Lipinski definition) is 7. The van der Waals surface area contributed by atoms with Gasteiger partial charge in [-0.15, -0.1) is 0 Å². The highest BCUT2D eigenvalue weighted by atomic mass is 35.5. The average molecular weight is 529 g/mol. The molecule has 37 heavy (non-hydrogen) atoms. The molecule has 9 nitrogen and oxygen atoms in total. The second-order valence-electron chi connectivity index (χ2n) is 9.32. The van der Waals surface area contributed by atoms with Crippen molar-refractivity contribution in [3.63, 3.8) is 0 Å². The van der Waals surface area contributed by atoms with Gasteiger partial charge in [-0.2, -0.15) is 5.10 Å². The molecule has 2 aromatic carbocycles. The molecular formula is C27H33ClN4O5. The van der Waals surface area contributed by atoms with Crippen LogP contribution in [0.1, 0.15) is 36.8 Å². The zero-order chi connectivity index (χ0) is 26.2. The van der Waals surface area contributed by atoms with Crippen molar-refractivity contribution < 1.29 is 24.2 Å². The number of hydrogen-bond donors (Lipinski definition) is 3. The van der Waals surface area contributed by atoms with E-state index in [4.69, 9.17) is 21.1 Å². The van der Waals surface area contributed by atoms with Gasteiger partial charge in [0.1, 0.15) is 24.2 Å². The number of nitrogens with one attached hydrogen (secondary N) is 2. The first-order valence-electron chi connectivity index (χ1n) is 12.5. The van der Waals surface area contributed by atoms with Gasteiger partial charge in [0.15, 0.2) is 6.61 Å². The molecular weight excluding hydrogens is 496 g/mol. The van der Waals surface area contributed by atoms with Crippen LogP contribution in [0.25, 0.3) is 0 Å². The number of aliphatic hydroxyl groups excluding tert-OH is 1. The smallest absolute Gasteiger partial charge is 0.260 e. The summed E-state index contributed by atoms with van der Waals surface area (Å²) in [5.41, 5.74) is 5.08. The highest BCUT2D eigenvalue weighted by Crippen LogP contribution is 2.27. The van der Waals surface area contributed by atoms with Crippen LogP contribution in [0.4, 0.5) is 0 Å². The van der Waals surface area contributed by atoms with Crippen LogP contribution in [-0.4, -0.2) is 72.5 Å². The maximum atomic E-state index is 12.7. The molecule has 2 aliphatic rings. The molecule has 10 heteroatoms. The summed E-state index contributed by atoms with van der Waals surface area (Å²) in [6, 6.07) is 13.2. The molecule has 0 radical (unpaired) electrons. The van der Waals surface area contributed by atoms with Crippen molar-refractivity contribution >= 4 is 29.1 Å². The van der Waals surface area contributed by atoms with Gasteiger partial charge in [0.2, 0.25) is 5.91 Å². The van der Waals surface area contributed by atoms with E-state index in [2.05, 4.69) is 15.8 Å². The van der Waals surface area contributed by atoms with E-state index in [0.717, 1.165) is 35.4 Å². The van der Waals surface area contributed by atoms with Gasteiger partial charge < -0.3 is 24.8 Å². The maximum Gasteiger partial charge on any atom is 0.260 e. The van der Waals surface area contributed by atoms with E-state index in [1.807, 2.05) is 37.3 Å². The van der Waals surface area contributed by atoms with Gasteiger partial charge in [-0.1, -0.05) is 29.8 Å². The number of carbonyl (C=O) groups is 2. The van der Waals surface area contributed by atoms with Gasteiger partial charge in [-0.05, 0) is 55.2 Å². The Balaban J connectivity index is 1.15. The zero-order valence-corrected chi connectivity index (χ0v) is 21.7. The van der Waals surface area contributed by atoms with E-state index in [0.29, 0.717) is 43.2 Å². The summed E-state index contributed by atoms with van der Waals surface area (Å²) in [5.74, 6) is 1.01. The van der Waals surface area contributed by atoms with Gasteiger partial charge in [-0.3, -0.25) is 9.59 Å². The summed E-state index contributed by atoms with van der Waals surface area (Å²) >= 11 is 6.36. The van der Waals surface area contributed by atoms with Crippen LogP contribution in [0.15, 0.2) is 47.6 Å². The minimum absolute atomic E-state index is 0.0929. The van der Waals surface area contributed by atoms with E-state index in [9.17, 15) is 14.7 Å². The van der Waals surface area contributed by atoms with Crippen LogP contribution in [0, 0.1) is 6.92 Å². The molecule has 2 amide bonds. The molecule has 4 rings (SSSR count). The van der Waals surface area contributed by atoms with E-state index in [-0.39, 0.29) is 31.1 Å². The van der Waals surface area contributed by atoms with E-state index in [1.54, 1.807) is 17.0 Å². The fraction of sp³-hybridized carbons (Fsp3) is 0.444. The molecule has 0 bridgehead atoms. The first kappa shape index (κ1) is 26.9. The third kappa shape index (κ3) is 7.67. The number of aliphatic hydroxyl groups is 1. The Hall–Kier alpha value is -3.14. The standard InChI is InChI=1S/C27H33ClN4O5/c1-18-4-2-3-5-24(18)36-16-21(33)15-29-20-10-12-32(13-11-20)27(35)17-37-25-8-6-19(14-22(25)28)23-7-9-26(34)31-30-23/h2-6,8,14,20-21,29,33H,7,9-13,15-17H2,1H3,(H,31,34). The van der Waals surface area contributed by atoms with Gasteiger partial charge in [-0.25, -0.2) is 5.43 Å². The molecule has 0 spiro atoms. The second kappa shape index (κ2) is 12.9. The Morgan fingerprint density at radius 1 is 1.19 bits per heavy atom. The Morgan fingerprint density at radius 2 is 1.97 bits per heavy atom. The van der Waals surface area contributed by atoms with Crippen molar-refractivity contribution in [2.75, 3.05) is 32.8 Å². The van der Waals surface area contributed by atoms with Gasteiger partial charge in [0.25, 0.3) is 5.91 Å². The molecule has 1 saturated heterocycles. The summed E-state index contributed by atoms with van der Waals surface area (Å²) in [6.07, 6.45) is 1.91. The highest BCUT2D eigenvalue weighted by molar-refractivity contribution is 6.32. The quantitative estimate of drug-likeness (QED) is 0.437. The molecule has 0 saturated carbocycles. The van der Waals surface area contributed by atoms with Crippen molar-refractivity contribution in [2.45, 2.75) is 44.8 Å². The normalized spacial score (nSPS) is 17.1. The molecule has 0 aliphatic carbocycles. The number of hydrazone groups is 1. The van der Waals surface area contributed by atoms with Crippen molar-refractivity contribution in [2.24, 2.45) is 5.10 Å². The van der Waals surface area contributed by atoms with Crippen molar-refractivity contribution in [3.8, 4) is 11.5 Å². The molecule has 1 fully saturated rings. The third-order valence-electron chi connectivity index (χ3n) is 6.54. The molecule has 2 aromatic rings. The lowest BCUT2D eigenvalue weighted by Crippen LogP contribution is -2.48. The SMILES string of the molecule is Cc1ccccc1OCC(O)CNC1CCN(C(=O)COc2ccc(C3=NNC(=O)CC3)cc2Cl)CC1. The number of piperidine rings is 1. The monoisotopic (exact) mass is 528 g/mol. The van der Waals surface area contributed by atoms with Crippen LogP contribution in [0.2, 0.25) is 5.02 Å². The predicted molar refractivity (Wildman–Crippen MR) is 141 cm³/mol. The number of nitrogens with zero attached hydrogens (tertiary/aromatic N) is 2. The molecule has 3 N–H and O–H groups in total. The maximum absolute atomic E-state index is 12.7. The summed E-state index contributed by atoms with van der Waals surface area (Å²) < 4.78 is 11.4. The first-order chi connectivity index (χ1) is 17.9. The highest BCUT2D eigenvalue weighted by Gasteiger charge is 2.24. The van der Waals surface area contributed by atoms with Crippen molar-refractivity contribution in [3.05, 3.63) is 58.6 Å². The number of likely N-dealkylation sites (tertiary alicyclic amines) is 1. The van der Waals surface area contributed by atoms with Crippen LogP contribution >= 0.6 is 11.6 Å². The Bertz CT molecular complexity index is 1130. The van der Waals surface area contributed by atoms with E-state index >= 15 is 0 Å². The van der Waals surface area contributed by atoms with Crippen LogP contribution in [0.5, 0.6) is 11.5 Å². The lowest BCUT2D eigenvalue weighted by molar-refractivity contribution is -0.134. The number of amides is 2. The average Bonchev–Trinajstić information content (AvgIpc) is 2.91. The molecule has 198 valence electrons. The summed E-state index contributed by atoms with van der Waals surface area (Å²) in [5, 5.41) is 18.1. The molecule has 2 aliphatic heterocycles. The number of carbonyl (C=O) groups excluding carboxylic acids is 2. The van der Waals surface area contributed by atoms with Crippen LogP contribution < -0.4 is 20.2 Å². The molecule has 0 aromatic heterocycles. The van der Waals surface area contributed by atoms with E-state index < -0.39 is 6.10 Å². The van der Waals surface area contributed by atoms with E-state index in [1.165, 1.54) is 0 Å². The largest absolute Gasteiger partial charge is 0.491 e. The summed E-state index contributed by atoms with van der Waals surface area (Å²) in [6.45, 7) is 3.77. The Labute approximate surface area is 221 Å². The van der Waals surface area contributed by atoms with Crippen LogP contribution in [0.3, 0.4) is 0 Å². The second-order valence-corrected chi connectivity index (χ2v) is 9.73. The van der Waals surface area contributed by atoms with Gasteiger partial charge >= 0.3 is 0 Å². The summed E-state index contributed by atoms with van der Waals surface area (Å²) in [7, 11) is 0. The first-order valence-corrected chi connectivity index (χ1v) is 12.9. The summed E-state index contributed by atoms with van der Waals surface area (Å²) in [4.78, 5) is 25.7. The lowest BCUT2D eigenvalue weighted by atomic mass is 10.0. The number of ether oxygens (including phenoxy) is 2. The zero-order valence-electron chi connectivity index (χ0n) is 20.9. The number of halogens is 1. The Morgan fingerprint density at radius 3 is 2.68 bits per heavy atom. The Kier molecular flexibility index (Phi) is 9.38. The fourth-order valence-corrected chi connectivity index (χ4v) is 4.54. The fourth-order valence-electron chi connectivity index (χ4n) is 4.31. The molecule has 1 atom stereocenters. The number of benzene rings is 2. The lowest BCUT2D eigenvalue weighted by Gasteiger charge is -2.33. The minimum atomic E-state index is -0.618. The number of rotatable bonds is 10. The van der Waals surface area contributed by atoms with Crippen LogP contribution in [-0.2, 0) is 9.59 Å². The topological polar surface area (TPSA) is 112 Å².